The van der Waals surface area contributed by atoms with E-state index in [1.807, 2.05) is 0 Å². The van der Waals surface area contributed by atoms with Crippen molar-refractivity contribution < 1.29 is 28.3 Å². The Morgan fingerprint density at radius 3 is 2.81 bits per heavy atom. The van der Waals surface area contributed by atoms with Gasteiger partial charge in [-0.3, -0.25) is 14.9 Å². The van der Waals surface area contributed by atoms with Gasteiger partial charge in [-0.2, -0.15) is 5.10 Å². The van der Waals surface area contributed by atoms with Gasteiger partial charge >= 0.3 is 0 Å². The maximum absolute atomic E-state index is 13.4. The van der Waals surface area contributed by atoms with E-state index in [4.69, 9.17) is 14.2 Å². The first-order valence-corrected chi connectivity index (χ1v) is 7.32. The Kier molecular flexibility index (Phi) is 4.92. The highest BCUT2D eigenvalue weighted by Gasteiger charge is 2.22. The first-order chi connectivity index (χ1) is 12.5. The Balaban J connectivity index is 1.62. The molecule has 0 unspecified atom stereocenters. The largest absolute Gasteiger partial charge is 0.481 e. The van der Waals surface area contributed by atoms with Crippen molar-refractivity contribution in [2.75, 3.05) is 13.4 Å². The Labute approximate surface area is 146 Å². The number of fused-ring (bicyclic) bond motifs is 1. The van der Waals surface area contributed by atoms with Crippen molar-refractivity contribution in [2.45, 2.75) is 0 Å². The summed E-state index contributed by atoms with van der Waals surface area (Å²) >= 11 is 0. The maximum Gasteiger partial charge on any atom is 0.282 e. The molecule has 2 aromatic carbocycles. The molecule has 3 rings (SSSR count). The van der Waals surface area contributed by atoms with E-state index in [-0.39, 0.29) is 29.5 Å². The predicted octanol–water partition coefficient (Wildman–Crippen LogP) is 1.99. The van der Waals surface area contributed by atoms with E-state index in [0.29, 0.717) is 5.75 Å². The fraction of sp³-hybridized carbons (Fsp3) is 0.125. The minimum Gasteiger partial charge on any atom is -0.481 e. The summed E-state index contributed by atoms with van der Waals surface area (Å²) in [6.45, 7) is -0.501. The molecule has 1 N–H and O–H groups in total. The van der Waals surface area contributed by atoms with Crippen LogP contribution in [-0.4, -0.2) is 30.4 Å². The molecule has 0 saturated carbocycles. The molecule has 0 radical (unpaired) electrons. The first kappa shape index (κ1) is 17.1. The maximum atomic E-state index is 13.4. The van der Waals surface area contributed by atoms with Crippen molar-refractivity contribution in [1.82, 2.24) is 5.43 Å². The van der Waals surface area contributed by atoms with Crippen LogP contribution in [0.1, 0.15) is 5.56 Å². The highest BCUT2D eigenvalue weighted by molar-refractivity contribution is 5.88. The average molecular weight is 361 g/mol. The van der Waals surface area contributed by atoms with Gasteiger partial charge in [0.1, 0.15) is 0 Å². The van der Waals surface area contributed by atoms with Crippen molar-refractivity contribution in [1.29, 1.82) is 0 Å². The molecule has 0 saturated heterocycles. The number of ether oxygens (including phenoxy) is 3. The lowest BCUT2D eigenvalue weighted by molar-refractivity contribution is -0.385. The first-order valence-electron chi connectivity index (χ1n) is 7.32. The normalized spacial score (nSPS) is 12.2. The third kappa shape index (κ3) is 3.86. The second-order valence-electron chi connectivity index (χ2n) is 5.03. The minimum absolute atomic E-state index is 0.0306. The Bertz CT molecular complexity index is 886. The van der Waals surface area contributed by atoms with E-state index < -0.39 is 23.3 Å². The predicted molar refractivity (Wildman–Crippen MR) is 86.9 cm³/mol. The number of rotatable bonds is 6. The molecule has 2 aromatic rings. The zero-order chi connectivity index (χ0) is 18.5. The second kappa shape index (κ2) is 7.47. The number of hydrazone groups is 1. The minimum atomic E-state index is -0.659. The lowest BCUT2D eigenvalue weighted by atomic mass is 10.1. The van der Waals surface area contributed by atoms with Gasteiger partial charge in [0.15, 0.2) is 29.7 Å². The molecule has 26 heavy (non-hydrogen) atoms. The molecular formula is C16H12FN3O6. The summed E-state index contributed by atoms with van der Waals surface area (Å²) in [4.78, 5) is 22.2. The monoisotopic (exact) mass is 361 g/mol. The van der Waals surface area contributed by atoms with Gasteiger partial charge in [-0.25, -0.2) is 9.82 Å². The summed E-state index contributed by atoms with van der Waals surface area (Å²) in [5.41, 5.74) is 2.01. The average Bonchev–Trinajstić information content (AvgIpc) is 3.07. The molecule has 1 heterocycles. The van der Waals surface area contributed by atoms with Crippen LogP contribution in [0.5, 0.6) is 17.2 Å². The number of amides is 1. The van der Waals surface area contributed by atoms with Crippen molar-refractivity contribution in [3.05, 3.63) is 57.9 Å². The van der Waals surface area contributed by atoms with Gasteiger partial charge in [-0.15, -0.1) is 0 Å². The summed E-state index contributed by atoms with van der Waals surface area (Å²) in [6, 6.07) is 8.23. The second-order valence-corrected chi connectivity index (χ2v) is 5.03. The zero-order valence-electron chi connectivity index (χ0n) is 13.2. The summed E-state index contributed by atoms with van der Waals surface area (Å²) in [5.74, 6) is -0.729. The van der Waals surface area contributed by atoms with Crippen LogP contribution in [0.3, 0.4) is 0 Å². The van der Waals surface area contributed by atoms with Crippen LogP contribution < -0.4 is 19.6 Å². The van der Waals surface area contributed by atoms with E-state index in [0.717, 1.165) is 6.21 Å². The molecule has 0 spiro atoms. The number of hydrogen-bond acceptors (Lipinski definition) is 7. The van der Waals surface area contributed by atoms with Gasteiger partial charge < -0.3 is 14.2 Å². The fourth-order valence-corrected chi connectivity index (χ4v) is 2.12. The molecule has 10 heteroatoms. The fourth-order valence-electron chi connectivity index (χ4n) is 2.12. The quantitative estimate of drug-likeness (QED) is 0.478. The van der Waals surface area contributed by atoms with Crippen LogP contribution >= 0.6 is 0 Å². The number of nitro groups is 1. The molecule has 0 atom stereocenters. The van der Waals surface area contributed by atoms with Gasteiger partial charge in [-0.1, -0.05) is 12.1 Å². The number of carbonyl (C=O) groups excluding carboxylic acids is 1. The van der Waals surface area contributed by atoms with E-state index >= 15 is 0 Å². The molecular weight excluding hydrogens is 349 g/mol. The van der Waals surface area contributed by atoms with Crippen molar-refractivity contribution in [3.8, 4) is 17.2 Å². The number of halogens is 1. The van der Waals surface area contributed by atoms with Crippen LogP contribution in [0, 0.1) is 15.9 Å². The van der Waals surface area contributed by atoms with Gasteiger partial charge in [0, 0.05) is 0 Å². The third-order valence-corrected chi connectivity index (χ3v) is 3.31. The summed E-state index contributed by atoms with van der Waals surface area (Å²) in [7, 11) is 0. The molecule has 0 aromatic heterocycles. The highest BCUT2D eigenvalue weighted by atomic mass is 19.1. The lowest BCUT2D eigenvalue weighted by Crippen LogP contribution is -2.24. The van der Waals surface area contributed by atoms with Crippen molar-refractivity contribution >= 4 is 17.8 Å². The number of hydrogen-bond donors (Lipinski definition) is 1. The van der Waals surface area contributed by atoms with Crippen LogP contribution in [0.4, 0.5) is 10.1 Å². The summed E-state index contributed by atoms with van der Waals surface area (Å²) in [6.07, 6.45) is 1.10. The lowest BCUT2D eigenvalue weighted by Gasteiger charge is -2.05. The highest BCUT2D eigenvalue weighted by Crippen LogP contribution is 2.37. The molecule has 1 aliphatic heterocycles. The zero-order valence-corrected chi connectivity index (χ0v) is 13.2. The number of carbonyl (C=O) groups is 1. The van der Waals surface area contributed by atoms with Gasteiger partial charge in [-0.05, 0) is 18.2 Å². The molecule has 134 valence electrons. The van der Waals surface area contributed by atoms with Gasteiger partial charge in [0.25, 0.3) is 11.6 Å². The Morgan fingerprint density at radius 1 is 1.35 bits per heavy atom. The van der Waals surface area contributed by atoms with Crippen LogP contribution in [0.15, 0.2) is 41.5 Å². The molecule has 1 amide bonds. The summed E-state index contributed by atoms with van der Waals surface area (Å²) < 4.78 is 28.6. The van der Waals surface area contributed by atoms with E-state index in [1.165, 1.54) is 30.3 Å². The van der Waals surface area contributed by atoms with Gasteiger partial charge in [0.2, 0.25) is 6.79 Å². The number of para-hydroxylation sites is 1. The number of nitro benzene ring substituents is 1. The van der Waals surface area contributed by atoms with E-state index in [1.54, 1.807) is 6.07 Å². The third-order valence-electron chi connectivity index (χ3n) is 3.31. The summed E-state index contributed by atoms with van der Waals surface area (Å²) in [5, 5.41) is 14.8. The number of benzene rings is 2. The molecule has 0 bridgehead atoms. The molecule has 0 fully saturated rings. The van der Waals surface area contributed by atoms with E-state index in [2.05, 4.69) is 10.5 Å². The van der Waals surface area contributed by atoms with Crippen LogP contribution in [0.25, 0.3) is 0 Å². The smallest absolute Gasteiger partial charge is 0.282 e. The standard InChI is InChI=1S/C16H12FN3O6/c17-11-3-1-2-4-13(11)24-8-16(21)19-18-7-10-5-14-15(26-9-25-14)6-12(10)20(22)23/h1-7H,8-9H2,(H,19,21)/b18-7-. The Hall–Kier alpha value is -3.69. The van der Waals surface area contributed by atoms with E-state index in [9.17, 15) is 19.3 Å². The van der Waals surface area contributed by atoms with Crippen molar-refractivity contribution in [3.63, 3.8) is 0 Å². The SMILES string of the molecule is O=C(COc1ccccc1F)N/N=C\c1cc2c(cc1[N+](=O)[O-])OCO2. The molecule has 1 aliphatic rings. The molecule has 0 aliphatic carbocycles. The van der Waals surface area contributed by atoms with Gasteiger partial charge in [0.05, 0.1) is 22.8 Å². The number of nitrogens with zero attached hydrogens (tertiary/aromatic N) is 2. The van der Waals surface area contributed by atoms with Crippen molar-refractivity contribution in [2.24, 2.45) is 5.10 Å². The van der Waals surface area contributed by atoms with Crippen LogP contribution in [0.2, 0.25) is 0 Å². The number of nitrogens with one attached hydrogen (secondary N) is 1. The van der Waals surface area contributed by atoms with Crippen LogP contribution in [-0.2, 0) is 4.79 Å². The molecule has 9 nitrogen and oxygen atoms in total. The Morgan fingerprint density at radius 2 is 2.08 bits per heavy atom. The topological polar surface area (TPSA) is 112 Å².